The first-order chi connectivity index (χ1) is 9.47. The van der Waals surface area contributed by atoms with Crippen LogP contribution in [0.1, 0.15) is 19.3 Å². The van der Waals surface area contributed by atoms with Gasteiger partial charge in [-0.05, 0) is 33.4 Å². The third kappa shape index (κ3) is 2.92. The SMILES string of the molecule is CNc1nc(NCC2(N(C)C)CCC2)nc(N(C)C)n1. The van der Waals surface area contributed by atoms with Crippen molar-refractivity contribution in [3.8, 4) is 0 Å². The summed E-state index contributed by atoms with van der Waals surface area (Å²) in [6, 6.07) is 0. The molecule has 0 aliphatic heterocycles. The van der Waals surface area contributed by atoms with Crippen LogP contribution in [-0.2, 0) is 0 Å². The van der Waals surface area contributed by atoms with E-state index in [2.05, 4.69) is 44.6 Å². The Bertz CT molecular complexity index is 454. The molecule has 1 aromatic heterocycles. The number of hydrogen-bond acceptors (Lipinski definition) is 7. The van der Waals surface area contributed by atoms with Crippen molar-refractivity contribution in [3.63, 3.8) is 0 Å². The lowest BCUT2D eigenvalue weighted by Gasteiger charge is -2.47. The van der Waals surface area contributed by atoms with Crippen LogP contribution in [0.3, 0.4) is 0 Å². The van der Waals surface area contributed by atoms with Gasteiger partial charge >= 0.3 is 0 Å². The van der Waals surface area contributed by atoms with Crippen LogP contribution in [0, 0.1) is 0 Å². The topological polar surface area (TPSA) is 69.2 Å². The van der Waals surface area contributed by atoms with E-state index in [0.717, 1.165) is 6.54 Å². The van der Waals surface area contributed by atoms with Gasteiger partial charge in [-0.2, -0.15) is 15.0 Å². The molecule has 0 saturated heterocycles. The normalized spacial score (nSPS) is 16.7. The molecule has 1 heterocycles. The van der Waals surface area contributed by atoms with Crippen LogP contribution >= 0.6 is 0 Å². The van der Waals surface area contributed by atoms with Crippen molar-refractivity contribution in [3.05, 3.63) is 0 Å². The molecular formula is C13H25N7. The maximum Gasteiger partial charge on any atom is 0.231 e. The molecule has 0 unspecified atom stereocenters. The summed E-state index contributed by atoms with van der Waals surface area (Å²) < 4.78 is 0. The third-order valence-corrected chi connectivity index (χ3v) is 4.06. The molecule has 0 bridgehead atoms. The van der Waals surface area contributed by atoms with E-state index in [0.29, 0.717) is 17.8 Å². The Morgan fingerprint density at radius 2 is 1.70 bits per heavy atom. The van der Waals surface area contributed by atoms with E-state index in [1.54, 1.807) is 0 Å². The molecule has 1 saturated carbocycles. The predicted molar refractivity (Wildman–Crippen MR) is 82.5 cm³/mol. The number of likely N-dealkylation sites (N-methyl/N-ethyl adjacent to an activating group) is 1. The van der Waals surface area contributed by atoms with E-state index in [1.807, 2.05) is 26.0 Å². The minimum absolute atomic E-state index is 0.241. The van der Waals surface area contributed by atoms with Gasteiger partial charge in [0.25, 0.3) is 0 Å². The maximum atomic E-state index is 4.44. The molecule has 1 aliphatic carbocycles. The van der Waals surface area contributed by atoms with Crippen LogP contribution < -0.4 is 15.5 Å². The van der Waals surface area contributed by atoms with E-state index < -0.39 is 0 Å². The van der Waals surface area contributed by atoms with Gasteiger partial charge in [-0.15, -0.1) is 0 Å². The smallest absolute Gasteiger partial charge is 0.231 e. The van der Waals surface area contributed by atoms with Crippen LogP contribution in [-0.4, -0.2) is 67.2 Å². The van der Waals surface area contributed by atoms with Crippen molar-refractivity contribution >= 4 is 17.8 Å². The standard InChI is InChI=1S/C13H25N7/c1-14-10-16-11(18-12(17-10)19(2)3)15-9-13(20(4)5)7-6-8-13/h6-9H2,1-5H3,(H2,14,15,16,17,18). The Morgan fingerprint density at radius 1 is 1.05 bits per heavy atom. The number of hydrogen-bond donors (Lipinski definition) is 2. The Hall–Kier alpha value is -1.63. The second kappa shape index (κ2) is 5.78. The van der Waals surface area contributed by atoms with Crippen LogP contribution in [0.2, 0.25) is 0 Å². The molecule has 20 heavy (non-hydrogen) atoms. The van der Waals surface area contributed by atoms with Crippen molar-refractivity contribution in [2.24, 2.45) is 0 Å². The monoisotopic (exact) mass is 279 g/mol. The first-order valence-electron chi connectivity index (χ1n) is 6.99. The summed E-state index contributed by atoms with van der Waals surface area (Å²) in [5.41, 5.74) is 0.241. The minimum Gasteiger partial charge on any atom is -0.357 e. The van der Waals surface area contributed by atoms with Gasteiger partial charge in [0, 0.05) is 33.2 Å². The number of anilines is 3. The number of aromatic nitrogens is 3. The van der Waals surface area contributed by atoms with Crippen LogP contribution in [0.25, 0.3) is 0 Å². The summed E-state index contributed by atoms with van der Waals surface area (Å²) in [6.45, 7) is 0.861. The van der Waals surface area contributed by atoms with E-state index in [9.17, 15) is 0 Å². The molecule has 0 aromatic carbocycles. The van der Waals surface area contributed by atoms with Gasteiger partial charge in [-0.3, -0.25) is 0 Å². The zero-order chi connectivity index (χ0) is 14.8. The molecule has 1 fully saturated rings. The predicted octanol–water partition coefficient (Wildman–Crippen LogP) is 0.875. The second-order valence-corrected chi connectivity index (χ2v) is 5.75. The van der Waals surface area contributed by atoms with Crippen molar-refractivity contribution < 1.29 is 0 Å². The van der Waals surface area contributed by atoms with Gasteiger partial charge < -0.3 is 20.4 Å². The maximum absolute atomic E-state index is 4.44. The first-order valence-corrected chi connectivity index (χ1v) is 6.99. The summed E-state index contributed by atoms with van der Waals surface area (Å²) in [4.78, 5) is 17.3. The largest absolute Gasteiger partial charge is 0.357 e. The lowest BCUT2D eigenvalue weighted by atomic mass is 9.75. The molecule has 7 heteroatoms. The highest BCUT2D eigenvalue weighted by molar-refractivity contribution is 5.42. The third-order valence-electron chi connectivity index (χ3n) is 4.06. The number of nitrogens with one attached hydrogen (secondary N) is 2. The molecule has 0 amide bonds. The Kier molecular flexibility index (Phi) is 4.27. The Balaban J connectivity index is 2.10. The van der Waals surface area contributed by atoms with Crippen molar-refractivity contribution in [1.82, 2.24) is 19.9 Å². The van der Waals surface area contributed by atoms with Crippen LogP contribution in [0.5, 0.6) is 0 Å². The minimum atomic E-state index is 0.241. The fourth-order valence-corrected chi connectivity index (χ4v) is 2.37. The van der Waals surface area contributed by atoms with Gasteiger partial charge in [-0.1, -0.05) is 0 Å². The average Bonchev–Trinajstić information content (AvgIpc) is 2.36. The van der Waals surface area contributed by atoms with Gasteiger partial charge in [-0.25, -0.2) is 0 Å². The zero-order valence-electron chi connectivity index (χ0n) is 13.1. The van der Waals surface area contributed by atoms with Crippen molar-refractivity contribution in [2.75, 3.05) is 57.3 Å². The summed E-state index contributed by atoms with van der Waals surface area (Å²) in [5.74, 6) is 1.86. The molecule has 0 spiro atoms. The van der Waals surface area contributed by atoms with E-state index in [4.69, 9.17) is 0 Å². The van der Waals surface area contributed by atoms with Crippen molar-refractivity contribution in [2.45, 2.75) is 24.8 Å². The molecule has 0 radical (unpaired) electrons. The number of rotatable bonds is 6. The van der Waals surface area contributed by atoms with Crippen molar-refractivity contribution in [1.29, 1.82) is 0 Å². The molecule has 0 atom stereocenters. The fraction of sp³-hybridized carbons (Fsp3) is 0.769. The lowest BCUT2D eigenvalue weighted by Crippen LogP contribution is -2.54. The first kappa shape index (κ1) is 14.8. The quantitative estimate of drug-likeness (QED) is 0.801. The highest BCUT2D eigenvalue weighted by Crippen LogP contribution is 2.36. The van der Waals surface area contributed by atoms with Gasteiger partial charge in [0.2, 0.25) is 17.8 Å². The van der Waals surface area contributed by atoms with E-state index >= 15 is 0 Å². The molecule has 1 aliphatic rings. The van der Waals surface area contributed by atoms with E-state index in [-0.39, 0.29) is 5.54 Å². The average molecular weight is 279 g/mol. The summed E-state index contributed by atoms with van der Waals surface area (Å²) in [5, 5.41) is 6.34. The highest BCUT2D eigenvalue weighted by Gasteiger charge is 2.38. The lowest BCUT2D eigenvalue weighted by molar-refractivity contribution is 0.0737. The molecular weight excluding hydrogens is 254 g/mol. The summed E-state index contributed by atoms with van der Waals surface area (Å²) >= 11 is 0. The molecule has 7 nitrogen and oxygen atoms in total. The van der Waals surface area contributed by atoms with Gasteiger partial charge in [0.15, 0.2) is 0 Å². The van der Waals surface area contributed by atoms with Crippen LogP contribution in [0.4, 0.5) is 17.8 Å². The molecule has 1 aromatic rings. The van der Waals surface area contributed by atoms with E-state index in [1.165, 1.54) is 19.3 Å². The Labute approximate surface area is 120 Å². The van der Waals surface area contributed by atoms with Gasteiger partial charge in [0.05, 0.1) is 0 Å². The molecule has 112 valence electrons. The fourth-order valence-electron chi connectivity index (χ4n) is 2.37. The molecule has 2 rings (SSSR count). The van der Waals surface area contributed by atoms with Crippen LogP contribution in [0.15, 0.2) is 0 Å². The summed E-state index contributed by atoms with van der Waals surface area (Å²) in [6.07, 6.45) is 3.73. The van der Waals surface area contributed by atoms with Gasteiger partial charge in [0.1, 0.15) is 0 Å². The highest BCUT2D eigenvalue weighted by atomic mass is 15.3. The second-order valence-electron chi connectivity index (χ2n) is 5.75. The molecule has 2 N–H and O–H groups in total. The zero-order valence-corrected chi connectivity index (χ0v) is 13.1. The Morgan fingerprint density at radius 3 is 2.15 bits per heavy atom. The summed E-state index contributed by atoms with van der Waals surface area (Å²) in [7, 11) is 9.93. The number of nitrogens with zero attached hydrogens (tertiary/aromatic N) is 5.